The Morgan fingerprint density at radius 3 is 2.65 bits per heavy atom. The van der Waals surface area contributed by atoms with Crippen LogP contribution in [0.4, 0.5) is 4.79 Å². The number of nitrogens with one attached hydrogen (secondary N) is 1. The lowest BCUT2D eigenvalue weighted by atomic mass is 9.92. The Morgan fingerprint density at radius 2 is 2.05 bits per heavy atom. The minimum atomic E-state index is -0.428. The zero-order valence-corrected chi connectivity index (χ0v) is 14.3. The molecule has 1 aromatic rings. The first-order chi connectivity index (χ1) is 9.35. The molecular weight excluding hydrogens is 270 g/mol. The molecule has 2 rings (SSSR count). The van der Waals surface area contributed by atoms with E-state index in [1.54, 1.807) is 0 Å². The minimum absolute atomic E-state index is 0.209. The fourth-order valence-corrected chi connectivity index (χ4v) is 3.34. The van der Waals surface area contributed by atoms with Crippen LogP contribution in [0.15, 0.2) is 5.38 Å². The molecule has 3 nitrogen and oxygen atoms in total. The molecule has 20 heavy (non-hydrogen) atoms. The average Bonchev–Trinajstić information content (AvgIpc) is 2.71. The molecule has 0 fully saturated rings. The summed E-state index contributed by atoms with van der Waals surface area (Å²) in [6.07, 6.45) is 2.70. The molecule has 4 heteroatoms. The number of fused-ring (bicyclic) bond motifs is 1. The maximum absolute atomic E-state index is 11.7. The van der Waals surface area contributed by atoms with Crippen LogP contribution in [0.1, 0.15) is 57.0 Å². The second kappa shape index (κ2) is 7.11. The summed E-state index contributed by atoms with van der Waals surface area (Å²) in [6.45, 7) is 11.8. The summed E-state index contributed by atoms with van der Waals surface area (Å²) in [7, 11) is 0. The van der Waals surface area contributed by atoms with Gasteiger partial charge in [0.05, 0.1) is 0 Å². The largest absolute Gasteiger partial charge is 0.444 e. The van der Waals surface area contributed by atoms with E-state index in [0.29, 0.717) is 0 Å². The second-order valence-electron chi connectivity index (χ2n) is 5.91. The summed E-state index contributed by atoms with van der Waals surface area (Å²) in [6, 6.07) is 0.209. The number of ether oxygens (including phenoxy) is 1. The van der Waals surface area contributed by atoms with E-state index in [9.17, 15) is 4.79 Å². The number of hydrogen-bond donors (Lipinski definition) is 1. The topological polar surface area (TPSA) is 38.3 Å². The van der Waals surface area contributed by atoms with Crippen LogP contribution in [0.3, 0.4) is 0 Å². The Bertz CT molecular complexity index is 446. The lowest BCUT2D eigenvalue weighted by Gasteiger charge is -2.26. The van der Waals surface area contributed by atoms with Gasteiger partial charge in [-0.15, -0.1) is 11.3 Å². The van der Waals surface area contributed by atoms with E-state index in [2.05, 4.69) is 17.6 Å². The zero-order valence-electron chi connectivity index (χ0n) is 13.5. The summed E-state index contributed by atoms with van der Waals surface area (Å²) < 4.78 is 5.29. The predicted octanol–water partition coefficient (Wildman–Crippen LogP) is 4.46. The molecule has 1 aliphatic carbocycles. The van der Waals surface area contributed by atoms with Crippen molar-refractivity contribution in [3.8, 4) is 0 Å². The molecule has 1 N–H and O–H groups in total. The van der Waals surface area contributed by atoms with Crippen LogP contribution in [-0.4, -0.2) is 17.7 Å². The van der Waals surface area contributed by atoms with Gasteiger partial charge < -0.3 is 10.1 Å². The molecule has 0 spiro atoms. The highest BCUT2D eigenvalue weighted by atomic mass is 32.1. The third-order valence-corrected chi connectivity index (χ3v) is 4.29. The van der Waals surface area contributed by atoms with E-state index in [0.717, 1.165) is 19.3 Å². The molecule has 1 heterocycles. The van der Waals surface area contributed by atoms with E-state index < -0.39 is 5.60 Å². The number of thiophene rings is 1. The molecule has 0 saturated heterocycles. The van der Waals surface area contributed by atoms with Gasteiger partial charge in [-0.25, -0.2) is 4.79 Å². The molecule has 1 unspecified atom stereocenters. The molecule has 1 amide bonds. The van der Waals surface area contributed by atoms with Gasteiger partial charge in [-0.3, -0.25) is 0 Å². The van der Waals surface area contributed by atoms with Crippen molar-refractivity contribution in [3.63, 3.8) is 0 Å². The van der Waals surface area contributed by atoms with Crippen LogP contribution in [-0.2, 0) is 17.6 Å². The first-order valence-corrected chi connectivity index (χ1v) is 8.28. The van der Waals surface area contributed by atoms with Gasteiger partial charge in [0.25, 0.3) is 0 Å². The number of amides is 1. The van der Waals surface area contributed by atoms with E-state index in [4.69, 9.17) is 4.74 Å². The third-order valence-electron chi connectivity index (χ3n) is 3.08. The van der Waals surface area contributed by atoms with Crippen molar-refractivity contribution in [1.29, 1.82) is 0 Å². The monoisotopic (exact) mass is 297 g/mol. The maximum Gasteiger partial charge on any atom is 0.407 e. The minimum Gasteiger partial charge on any atom is -0.444 e. The Balaban J connectivity index is 0.000000956. The number of hydrogen-bond acceptors (Lipinski definition) is 3. The van der Waals surface area contributed by atoms with Crippen molar-refractivity contribution >= 4 is 17.4 Å². The molecule has 0 radical (unpaired) electrons. The highest BCUT2D eigenvalue weighted by Gasteiger charge is 2.24. The van der Waals surface area contributed by atoms with Gasteiger partial charge in [0.15, 0.2) is 0 Å². The highest BCUT2D eigenvalue weighted by molar-refractivity contribution is 7.10. The molecular formula is C16H27NO2S. The SMILES string of the molecule is CC.Cc1csc2c1CC(NC(=O)OC(C)(C)C)CC2. The Kier molecular flexibility index (Phi) is 6.06. The fraction of sp³-hybridized carbons (Fsp3) is 0.688. The molecule has 1 aromatic heterocycles. The molecule has 0 bridgehead atoms. The first kappa shape index (κ1) is 17.0. The number of alkyl carbamates (subject to hydrolysis) is 1. The van der Waals surface area contributed by atoms with Crippen LogP contribution in [0.2, 0.25) is 0 Å². The number of carbonyl (C=O) groups is 1. The summed E-state index contributed by atoms with van der Waals surface area (Å²) in [5.41, 5.74) is 2.35. The van der Waals surface area contributed by atoms with Crippen molar-refractivity contribution in [2.45, 2.75) is 72.4 Å². The fourth-order valence-electron chi connectivity index (χ4n) is 2.26. The summed E-state index contributed by atoms with van der Waals surface area (Å²) in [4.78, 5) is 13.2. The Hall–Kier alpha value is -1.03. The molecule has 0 saturated carbocycles. The lowest BCUT2D eigenvalue weighted by Crippen LogP contribution is -2.41. The predicted molar refractivity (Wildman–Crippen MR) is 85.6 cm³/mol. The van der Waals surface area contributed by atoms with Gasteiger partial charge in [-0.05, 0) is 63.5 Å². The number of rotatable bonds is 1. The Morgan fingerprint density at radius 1 is 1.40 bits per heavy atom. The van der Waals surface area contributed by atoms with Gasteiger partial charge in [0, 0.05) is 10.9 Å². The van der Waals surface area contributed by atoms with E-state index in [1.807, 2.05) is 46.0 Å². The molecule has 1 atom stereocenters. The first-order valence-electron chi connectivity index (χ1n) is 7.40. The van der Waals surface area contributed by atoms with Crippen molar-refractivity contribution in [2.75, 3.05) is 0 Å². The van der Waals surface area contributed by atoms with Crippen molar-refractivity contribution in [2.24, 2.45) is 0 Å². The van der Waals surface area contributed by atoms with Gasteiger partial charge in [-0.1, -0.05) is 13.8 Å². The van der Waals surface area contributed by atoms with E-state index >= 15 is 0 Å². The van der Waals surface area contributed by atoms with Crippen LogP contribution >= 0.6 is 11.3 Å². The van der Waals surface area contributed by atoms with Gasteiger partial charge in [0.1, 0.15) is 5.60 Å². The van der Waals surface area contributed by atoms with Crippen LogP contribution < -0.4 is 5.32 Å². The molecule has 1 aliphatic rings. The second-order valence-corrected chi connectivity index (χ2v) is 6.87. The zero-order chi connectivity index (χ0) is 15.3. The third kappa shape index (κ3) is 4.82. The van der Waals surface area contributed by atoms with Crippen LogP contribution in [0.5, 0.6) is 0 Å². The summed E-state index contributed by atoms with van der Waals surface area (Å²) >= 11 is 1.84. The van der Waals surface area contributed by atoms with Crippen LogP contribution in [0, 0.1) is 6.92 Å². The van der Waals surface area contributed by atoms with Gasteiger partial charge in [-0.2, -0.15) is 0 Å². The van der Waals surface area contributed by atoms with Crippen molar-refractivity contribution in [1.82, 2.24) is 5.32 Å². The Labute approximate surface area is 126 Å². The standard InChI is InChI=1S/C14H21NO2S.C2H6/c1-9-8-18-12-6-5-10(7-11(9)12)15-13(16)17-14(2,3)4;1-2/h8,10H,5-7H2,1-4H3,(H,15,16);1-2H3. The van der Waals surface area contributed by atoms with E-state index in [-0.39, 0.29) is 12.1 Å². The molecule has 114 valence electrons. The molecule has 0 aromatic carbocycles. The number of carbonyl (C=O) groups excluding carboxylic acids is 1. The quantitative estimate of drug-likeness (QED) is 0.831. The van der Waals surface area contributed by atoms with Crippen molar-refractivity contribution < 1.29 is 9.53 Å². The highest BCUT2D eigenvalue weighted by Crippen LogP contribution is 2.29. The van der Waals surface area contributed by atoms with E-state index in [1.165, 1.54) is 16.0 Å². The molecule has 0 aliphatic heterocycles. The maximum atomic E-state index is 11.7. The summed E-state index contributed by atoms with van der Waals surface area (Å²) in [5.74, 6) is 0. The van der Waals surface area contributed by atoms with Gasteiger partial charge >= 0.3 is 6.09 Å². The number of aryl methyl sites for hydroxylation is 2. The summed E-state index contributed by atoms with van der Waals surface area (Å²) in [5, 5.41) is 5.19. The van der Waals surface area contributed by atoms with Crippen LogP contribution in [0.25, 0.3) is 0 Å². The average molecular weight is 297 g/mol. The van der Waals surface area contributed by atoms with Crippen molar-refractivity contribution in [3.05, 3.63) is 21.4 Å². The lowest BCUT2D eigenvalue weighted by molar-refractivity contribution is 0.0500. The normalized spacial score (nSPS) is 17.6. The van der Waals surface area contributed by atoms with Gasteiger partial charge in [0.2, 0.25) is 0 Å². The smallest absolute Gasteiger partial charge is 0.407 e.